The van der Waals surface area contributed by atoms with Gasteiger partial charge in [0.2, 0.25) is 0 Å². The molecule has 1 aliphatic heterocycles. The molecule has 0 aliphatic carbocycles. The number of carbonyl (C=O) groups is 2. The van der Waals surface area contributed by atoms with Crippen molar-refractivity contribution < 1.29 is 40.7 Å². The molecule has 258 valence electrons. The standard InChI is InChI=1S/C35H33F6N5O3/c1-22(23-8-4-3-5-9-23)42-32(47)28-21-26(43-33(48)44-27-19-24(34(36,37)38)18-25(20-27)35(39,40)41)12-13-29(28)45-14-16-46(17-15-45)30-10-6-7-11-31(30)49-2/h3-13,18-22H,14-17H2,1-2H3,(H,42,47)(H2,43,44,48)/t22-/m0/s1. The third-order valence-electron chi connectivity index (χ3n) is 8.04. The number of anilines is 4. The number of urea groups is 1. The van der Waals surface area contributed by atoms with E-state index in [1.54, 1.807) is 13.2 Å². The first-order valence-corrected chi connectivity index (χ1v) is 15.2. The maximum absolute atomic E-state index is 13.7. The van der Waals surface area contributed by atoms with E-state index in [1.807, 2.05) is 71.7 Å². The van der Waals surface area contributed by atoms with Gasteiger partial charge in [-0.2, -0.15) is 26.3 Å². The van der Waals surface area contributed by atoms with Crippen LogP contribution in [0.15, 0.2) is 91.0 Å². The first-order chi connectivity index (χ1) is 23.2. The average Bonchev–Trinajstić information content (AvgIpc) is 3.07. The number of benzene rings is 4. The zero-order valence-electron chi connectivity index (χ0n) is 26.5. The predicted octanol–water partition coefficient (Wildman–Crippen LogP) is 8.19. The fourth-order valence-electron chi connectivity index (χ4n) is 5.57. The summed E-state index contributed by atoms with van der Waals surface area (Å²) >= 11 is 0. The minimum absolute atomic E-state index is 0.0285. The van der Waals surface area contributed by atoms with E-state index in [-0.39, 0.29) is 23.4 Å². The lowest BCUT2D eigenvalue weighted by atomic mass is 10.1. The maximum Gasteiger partial charge on any atom is 0.416 e. The number of hydrogen-bond donors (Lipinski definition) is 3. The van der Waals surface area contributed by atoms with Gasteiger partial charge < -0.3 is 30.5 Å². The number of piperazine rings is 1. The van der Waals surface area contributed by atoms with Crippen molar-refractivity contribution in [3.63, 3.8) is 0 Å². The molecule has 3 N–H and O–H groups in total. The van der Waals surface area contributed by atoms with E-state index in [9.17, 15) is 35.9 Å². The van der Waals surface area contributed by atoms with Gasteiger partial charge in [0.1, 0.15) is 5.75 Å². The molecular formula is C35H33F6N5O3. The molecule has 1 saturated heterocycles. The summed E-state index contributed by atoms with van der Waals surface area (Å²) in [5, 5.41) is 7.44. The summed E-state index contributed by atoms with van der Waals surface area (Å²) in [6, 6.07) is 20.8. The van der Waals surface area contributed by atoms with Gasteiger partial charge >= 0.3 is 18.4 Å². The summed E-state index contributed by atoms with van der Waals surface area (Å²) in [6.07, 6.45) is -10.2. The molecule has 4 aromatic rings. The largest absolute Gasteiger partial charge is 0.495 e. The molecule has 4 aromatic carbocycles. The van der Waals surface area contributed by atoms with Crippen molar-refractivity contribution in [2.45, 2.75) is 25.3 Å². The fraction of sp³-hybridized carbons (Fsp3) is 0.257. The van der Waals surface area contributed by atoms with Crippen molar-refractivity contribution in [3.8, 4) is 5.75 Å². The lowest BCUT2D eigenvalue weighted by molar-refractivity contribution is -0.143. The highest BCUT2D eigenvalue weighted by atomic mass is 19.4. The Morgan fingerprint density at radius 1 is 0.694 bits per heavy atom. The molecule has 0 unspecified atom stereocenters. The number of alkyl halides is 6. The number of hydrogen-bond acceptors (Lipinski definition) is 5. The zero-order chi connectivity index (χ0) is 35.3. The van der Waals surface area contributed by atoms with Gasteiger partial charge in [-0.15, -0.1) is 0 Å². The van der Waals surface area contributed by atoms with E-state index < -0.39 is 41.1 Å². The van der Waals surface area contributed by atoms with E-state index in [0.29, 0.717) is 44.0 Å². The van der Waals surface area contributed by atoms with Crippen LogP contribution in [0, 0.1) is 0 Å². The van der Waals surface area contributed by atoms with E-state index in [0.717, 1.165) is 17.0 Å². The van der Waals surface area contributed by atoms with Gasteiger partial charge in [0, 0.05) is 43.2 Å². The molecule has 3 amide bonds. The molecule has 1 atom stereocenters. The van der Waals surface area contributed by atoms with Crippen LogP contribution in [-0.2, 0) is 12.4 Å². The van der Waals surface area contributed by atoms with Gasteiger partial charge in [0.15, 0.2) is 0 Å². The van der Waals surface area contributed by atoms with Crippen molar-refractivity contribution in [2.24, 2.45) is 0 Å². The Bertz CT molecular complexity index is 1760. The number of methoxy groups -OCH3 is 1. The van der Waals surface area contributed by atoms with Crippen LogP contribution in [0.4, 0.5) is 53.9 Å². The molecule has 5 rings (SSSR count). The predicted molar refractivity (Wildman–Crippen MR) is 175 cm³/mol. The summed E-state index contributed by atoms with van der Waals surface area (Å²) in [5.41, 5.74) is -1.17. The Balaban J connectivity index is 1.39. The minimum atomic E-state index is -5.08. The highest BCUT2D eigenvalue weighted by molar-refractivity contribution is 6.04. The molecule has 8 nitrogen and oxygen atoms in total. The maximum atomic E-state index is 13.7. The average molecular weight is 686 g/mol. The molecule has 1 heterocycles. The Morgan fingerprint density at radius 2 is 1.24 bits per heavy atom. The highest BCUT2D eigenvalue weighted by Gasteiger charge is 2.37. The zero-order valence-corrected chi connectivity index (χ0v) is 26.5. The van der Waals surface area contributed by atoms with Crippen molar-refractivity contribution >= 4 is 34.7 Å². The third kappa shape index (κ3) is 8.55. The van der Waals surface area contributed by atoms with Crippen LogP contribution in [0.3, 0.4) is 0 Å². The second-order valence-electron chi connectivity index (χ2n) is 11.4. The summed E-state index contributed by atoms with van der Waals surface area (Å²) < 4.78 is 85.5. The second kappa shape index (κ2) is 14.4. The minimum Gasteiger partial charge on any atom is -0.495 e. The van der Waals surface area contributed by atoms with Gasteiger partial charge in [-0.05, 0) is 61.0 Å². The van der Waals surface area contributed by atoms with Crippen LogP contribution in [0.1, 0.15) is 40.0 Å². The molecular weight excluding hydrogens is 652 g/mol. The van der Waals surface area contributed by atoms with Gasteiger partial charge in [0.05, 0.1) is 35.5 Å². The molecule has 1 aliphatic rings. The highest BCUT2D eigenvalue weighted by Crippen LogP contribution is 2.38. The SMILES string of the molecule is COc1ccccc1N1CCN(c2ccc(NC(=O)Nc3cc(C(F)(F)F)cc(C(F)(F)F)c3)cc2C(=O)N[C@@H](C)c2ccccc2)CC1. The third-order valence-corrected chi connectivity index (χ3v) is 8.04. The van der Waals surface area contributed by atoms with Gasteiger partial charge in [-0.25, -0.2) is 4.79 Å². The van der Waals surface area contributed by atoms with Gasteiger partial charge in [-0.1, -0.05) is 42.5 Å². The monoisotopic (exact) mass is 685 g/mol. The van der Waals surface area contributed by atoms with Crippen molar-refractivity contribution in [2.75, 3.05) is 53.7 Å². The molecule has 14 heteroatoms. The number of rotatable bonds is 8. The van der Waals surface area contributed by atoms with Crippen molar-refractivity contribution in [1.82, 2.24) is 5.32 Å². The topological polar surface area (TPSA) is 85.9 Å². The smallest absolute Gasteiger partial charge is 0.416 e. The summed E-state index contributed by atoms with van der Waals surface area (Å²) in [7, 11) is 1.60. The van der Waals surface area contributed by atoms with Crippen molar-refractivity contribution in [1.29, 1.82) is 0 Å². The summed E-state index contributed by atoms with van der Waals surface area (Å²) in [4.78, 5) is 30.8. The van der Waals surface area contributed by atoms with Gasteiger partial charge in [0.25, 0.3) is 5.91 Å². The van der Waals surface area contributed by atoms with E-state index in [1.165, 1.54) is 12.1 Å². The van der Waals surface area contributed by atoms with Crippen LogP contribution >= 0.6 is 0 Å². The number of amides is 3. The fourth-order valence-corrected chi connectivity index (χ4v) is 5.57. The normalized spacial score (nSPS) is 14.2. The lowest BCUT2D eigenvalue weighted by Crippen LogP contribution is -2.47. The molecule has 49 heavy (non-hydrogen) atoms. The lowest BCUT2D eigenvalue weighted by Gasteiger charge is -2.38. The molecule has 0 saturated carbocycles. The molecule has 0 radical (unpaired) electrons. The van der Waals surface area contributed by atoms with E-state index in [4.69, 9.17) is 4.74 Å². The molecule has 0 spiro atoms. The number of carbonyl (C=O) groups excluding carboxylic acids is 2. The quantitative estimate of drug-likeness (QED) is 0.163. The Hall–Kier alpha value is -5.40. The van der Waals surface area contributed by atoms with Gasteiger partial charge in [-0.3, -0.25) is 4.79 Å². The van der Waals surface area contributed by atoms with Crippen LogP contribution < -0.4 is 30.5 Å². The number of para-hydroxylation sites is 2. The van der Waals surface area contributed by atoms with Crippen molar-refractivity contribution in [3.05, 3.63) is 113 Å². The van der Waals surface area contributed by atoms with Crippen LogP contribution in [-0.4, -0.2) is 45.2 Å². The molecule has 0 aromatic heterocycles. The first-order valence-electron chi connectivity index (χ1n) is 15.2. The Morgan fingerprint density at radius 3 is 1.84 bits per heavy atom. The van der Waals surface area contributed by atoms with Crippen LogP contribution in [0.2, 0.25) is 0 Å². The molecule has 0 bridgehead atoms. The number of ether oxygens (including phenoxy) is 1. The van der Waals surface area contributed by atoms with E-state index >= 15 is 0 Å². The first kappa shape index (κ1) is 34.9. The number of nitrogens with one attached hydrogen (secondary N) is 3. The van der Waals surface area contributed by atoms with Crippen LogP contribution in [0.25, 0.3) is 0 Å². The summed E-state index contributed by atoms with van der Waals surface area (Å²) in [6.45, 7) is 4.12. The summed E-state index contributed by atoms with van der Waals surface area (Å²) in [5.74, 6) is 0.287. The number of nitrogens with zero attached hydrogens (tertiary/aromatic N) is 2. The Kier molecular flexibility index (Phi) is 10.2. The Labute approximate surface area is 278 Å². The van der Waals surface area contributed by atoms with E-state index in [2.05, 4.69) is 15.5 Å². The number of halogens is 6. The molecule has 1 fully saturated rings. The van der Waals surface area contributed by atoms with Crippen LogP contribution in [0.5, 0.6) is 5.75 Å². The second-order valence-corrected chi connectivity index (χ2v) is 11.4.